The molecule has 6 nitrogen and oxygen atoms in total. The molecule has 0 saturated carbocycles. The minimum absolute atomic E-state index is 0.0491. The molecule has 2 aromatic heterocycles. The van der Waals surface area contributed by atoms with Crippen molar-refractivity contribution in [1.29, 1.82) is 0 Å². The minimum atomic E-state index is -0.134. The van der Waals surface area contributed by atoms with Crippen molar-refractivity contribution in [1.82, 2.24) is 19.4 Å². The third-order valence-corrected chi connectivity index (χ3v) is 5.13. The van der Waals surface area contributed by atoms with Crippen molar-refractivity contribution in [2.75, 3.05) is 13.1 Å². The van der Waals surface area contributed by atoms with Crippen molar-refractivity contribution < 1.29 is 4.79 Å². The summed E-state index contributed by atoms with van der Waals surface area (Å²) in [4.78, 5) is 34.0. The van der Waals surface area contributed by atoms with Gasteiger partial charge in [-0.05, 0) is 25.8 Å². The summed E-state index contributed by atoms with van der Waals surface area (Å²) in [6.45, 7) is 3.12. The largest absolute Gasteiger partial charge is 0.350 e. The number of likely N-dealkylation sites (tertiary alicyclic amines) is 1. The van der Waals surface area contributed by atoms with E-state index in [1.807, 2.05) is 47.0 Å². The van der Waals surface area contributed by atoms with Crippen LogP contribution in [-0.2, 0) is 7.05 Å². The third kappa shape index (κ3) is 2.92. The highest BCUT2D eigenvalue weighted by molar-refractivity contribution is 6.07. The van der Waals surface area contributed by atoms with Crippen LogP contribution in [-0.4, -0.2) is 38.4 Å². The van der Waals surface area contributed by atoms with Crippen LogP contribution >= 0.6 is 0 Å². The van der Waals surface area contributed by atoms with Crippen LogP contribution in [0.15, 0.2) is 41.3 Å². The molecule has 1 aromatic carbocycles. The van der Waals surface area contributed by atoms with E-state index in [0.717, 1.165) is 41.5 Å². The maximum atomic E-state index is 13.2. The molecule has 3 aromatic rings. The zero-order valence-electron chi connectivity index (χ0n) is 15.0. The topological polar surface area (TPSA) is 71.0 Å². The number of aromatic nitrogens is 3. The molecule has 134 valence electrons. The Hall–Kier alpha value is -2.89. The summed E-state index contributed by atoms with van der Waals surface area (Å²) < 4.78 is 1.99. The third-order valence-electron chi connectivity index (χ3n) is 5.13. The molecule has 6 heteroatoms. The standard InChI is InChI=1S/C20H22N4O2/c1-13-21-17(10-19(25)22-13)14-6-5-9-24(11-14)20(26)16-12-23(2)18-8-4-3-7-15(16)18/h3-4,7-8,10,12,14H,5-6,9,11H2,1-2H3,(H,21,22,25)/t14-/m0/s1. The van der Waals surface area contributed by atoms with E-state index in [2.05, 4.69) is 9.97 Å². The normalized spacial score (nSPS) is 17.6. The van der Waals surface area contributed by atoms with Gasteiger partial charge in [-0.3, -0.25) is 9.59 Å². The van der Waals surface area contributed by atoms with E-state index in [0.29, 0.717) is 12.4 Å². The quantitative estimate of drug-likeness (QED) is 0.772. The molecule has 0 radical (unpaired) electrons. The van der Waals surface area contributed by atoms with Crippen LogP contribution in [0.2, 0.25) is 0 Å². The van der Waals surface area contributed by atoms with Gasteiger partial charge in [0.05, 0.1) is 11.3 Å². The molecule has 0 spiro atoms. The zero-order chi connectivity index (χ0) is 18.3. The monoisotopic (exact) mass is 350 g/mol. The number of aryl methyl sites for hydroxylation is 2. The van der Waals surface area contributed by atoms with Crippen LogP contribution in [0.3, 0.4) is 0 Å². The van der Waals surface area contributed by atoms with Crippen LogP contribution in [0, 0.1) is 6.92 Å². The number of para-hydroxylation sites is 1. The van der Waals surface area contributed by atoms with Gasteiger partial charge in [-0.1, -0.05) is 18.2 Å². The Morgan fingerprint density at radius 3 is 2.92 bits per heavy atom. The maximum Gasteiger partial charge on any atom is 0.256 e. The van der Waals surface area contributed by atoms with Crippen molar-refractivity contribution >= 4 is 16.8 Å². The molecular weight excluding hydrogens is 328 g/mol. The summed E-state index contributed by atoms with van der Waals surface area (Å²) in [7, 11) is 1.96. The summed E-state index contributed by atoms with van der Waals surface area (Å²) in [6.07, 6.45) is 3.76. The Morgan fingerprint density at radius 1 is 1.31 bits per heavy atom. The second-order valence-electron chi connectivity index (χ2n) is 7.02. The number of nitrogens with zero attached hydrogens (tertiary/aromatic N) is 3. The molecule has 1 saturated heterocycles. The number of fused-ring (bicyclic) bond motifs is 1. The number of H-pyrrole nitrogens is 1. The van der Waals surface area contributed by atoms with E-state index < -0.39 is 0 Å². The molecule has 0 bridgehead atoms. The Labute approximate surface area is 151 Å². The van der Waals surface area contributed by atoms with Crippen molar-refractivity contribution in [2.45, 2.75) is 25.7 Å². The lowest BCUT2D eigenvalue weighted by Gasteiger charge is -2.32. The minimum Gasteiger partial charge on any atom is -0.350 e. The fourth-order valence-corrected chi connectivity index (χ4v) is 3.90. The second-order valence-corrected chi connectivity index (χ2v) is 7.02. The second kappa shape index (κ2) is 6.44. The lowest BCUT2D eigenvalue weighted by molar-refractivity contribution is 0.0707. The first kappa shape index (κ1) is 16.6. The molecule has 1 atom stereocenters. The molecule has 0 unspecified atom stereocenters. The first-order valence-corrected chi connectivity index (χ1v) is 8.94. The number of hydrogen-bond acceptors (Lipinski definition) is 3. The summed E-state index contributed by atoms with van der Waals surface area (Å²) in [5.74, 6) is 0.766. The fourth-order valence-electron chi connectivity index (χ4n) is 3.90. The molecule has 1 fully saturated rings. The van der Waals surface area contributed by atoms with Crippen molar-refractivity contribution in [3.63, 3.8) is 0 Å². The Balaban J connectivity index is 1.63. The highest BCUT2D eigenvalue weighted by atomic mass is 16.2. The summed E-state index contributed by atoms with van der Waals surface area (Å²) >= 11 is 0. The van der Waals surface area contributed by atoms with Gasteiger partial charge in [-0.2, -0.15) is 0 Å². The van der Waals surface area contributed by atoms with Gasteiger partial charge < -0.3 is 14.5 Å². The van der Waals surface area contributed by atoms with Gasteiger partial charge in [0.25, 0.3) is 11.5 Å². The van der Waals surface area contributed by atoms with Gasteiger partial charge >= 0.3 is 0 Å². The number of hydrogen-bond donors (Lipinski definition) is 1. The van der Waals surface area contributed by atoms with Crippen LogP contribution in [0.5, 0.6) is 0 Å². The molecule has 26 heavy (non-hydrogen) atoms. The van der Waals surface area contributed by atoms with E-state index in [9.17, 15) is 9.59 Å². The van der Waals surface area contributed by atoms with Crippen molar-refractivity contribution in [2.24, 2.45) is 7.05 Å². The van der Waals surface area contributed by atoms with Crippen molar-refractivity contribution in [3.8, 4) is 0 Å². The molecule has 0 aliphatic carbocycles. The van der Waals surface area contributed by atoms with Gasteiger partial charge in [0.1, 0.15) is 5.82 Å². The summed E-state index contributed by atoms with van der Waals surface area (Å²) in [5, 5.41) is 0.979. The Kier molecular flexibility index (Phi) is 4.11. The molecular formula is C20H22N4O2. The molecule has 4 rings (SSSR count). The highest BCUT2D eigenvalue weighted by Crippen LogP contribution is 2.28. The summed E-state index contributed by atoms with van der Waals surface area (Å²) in [5.41, 5.74) is 2.43. The average Bonchev–Trinajstić information content (AvgIpc) is 2.98. The molecule has 1 aliphatic heterocycles. The molecule has 3 heterocycles. The van der Waals surface area contributed by atoms with E-state index in [1.165, 1.54) is 0 Å². The lowest BCUT2D eigenvalue weighted by Crippen LogP contribution is -2.39. The number of carbonyl (C=O) groups excluding carboxylic acids is 1. The predicted octanol–water partition coefficient (Wildman–Crippen LogP) is 2.59. The smallest absolute Gasteiger partial charge is 0.256 e. The molecule has 1 amide bonds. The van der Waals surface area contributed by atoms with Crippen LogP contribution in [0.25, 0.3) is 10.9 Å². The van der Waals surface area contributed by atoms with Gasteiger partial charge in [-0.25, -0.2) is 4.98 Å². The first-order valence-electron chi connectivity index (χ1n) is 8.94. The van der Waals surface area contributed by atoms with Gasteiger partial charge in [-0.15, -0.1) is 0 Å². The molecule has 1 N–H and O–H groups in total. The Morgan fingerprint density at radius 2 is 2.12 bits per heavy atom. The van der Waals surface area contributed by atoms with Crippen LogP contribution < -0.4 is 5.56 Å². The SMILES string of the molecule is Cc1nc([C@H]2CCCN(C(=O)c3cn(C)c4ccccc34)C2)cc(=O)[nH]1. The predicted molar refractivity (Wildman–Crippen MR) is 100 cm³/mol. The maximum absolute atomic E-state index is 13.2. The first-order chi connectivity index (χ1) is 12.5. The van der Waals surface area contributed by atoms with Gasteiger partial charge in [0, 0.05) is 49.2 Å². The highest BCUT2D eigenvalue weighted by Gasteiger charge is 2.28. The van der Waals surface area contributed by atoms with Crippen molar-refractivity contribution in [3.05, 3.63) is 64.0 Å². The van der Waals surface area contributed by atoms with E-state index >= 15 is 0 Å². The number of aromatic amines is 1. The van der Waals surface area contributed by atoms with Gasteiger partial charge in [0.15, 0.2) is 0 Å². The van der Waals surface area contributed by atoms with E-state index in [-0.39, 0.29) is 17.4 Å². The number of benzene rings is 1. The lowest BCUT2D eigenvalue weighted by atomic mass is 9.94. The number of piperidine rings is 1. The van der Waals surface area contributed by atoms with E-state index in [4.69, 9.17) is 0 Å². The van der Waals surface area contributed by atoms with Gasteiger partial charge in [0.2, 0.25) is 0 Å². The average molecular weight is 350 g/mol. The number of carbonyl (C=O) groups is 1. The van der Waals surface area contributed by atoms with Crippen LogP contribution in [0.1, 0.15) is 40.6 Å². The number of rotatable bonds is 2. The fraction of sp³-hybridized carbons (Fsp3) is 0.350. The zero-order valence-corrected chi connectivity index (χ0v) is 15.0. The number of nitrogens with one attached hydrogen (secondary N) is 1. The summed E-state index contributed by atoms with van der Waals surface area (Å²) in [6, 6.07) is 9.51. The Bertz CT molecular complexity index is 1030. The van der Waals surface area contributed by atoms with Crippen LogP contribution in [0.4, 0.5) is 0 Å². The molecule has 1 aliphatic rings. The number of amides is 1. The van der Waals surface area contributed by atoms with E-state index in [1.54, 1.807) is 13.0 Å².